The number of nitrogen functional groups attached to an aromatic ring is 1. The summed E-state index contributed by atoms with van der Waals surface area (Å²) in [5.41, 5.74) is 5.91. The average Bonchev–Trinajstić information content (AvgIpc) is 2.85. The molecule has 2 aromatic rings. The summed E-state index contributed by atoms with van der Waals surface area (Å²) in [5, 5.41) is 0.139. The third-order valence-corrected chi connectivity index (χ3v) is 4.43. The van der Waals surface area contributed by atoms with Gasteiger partial charge in [-0.25, -0.2) is 13.1 Å². The summed E-state index contributed by atoms with van der Waals surface area (Å²) in [7, 11) is -3.67. The molecule has 1 aromatic heterocycles. The smallest absolute Gasteiger partial charge is 0.242 e. The van der Waals surface area contributed by atoms with E-state index in [2.05, 4.69) is 4.72 Å². The highest BCUT2D eigenvalue weighted by Gasteiger charge is 2.17. The predicted octanol–water partition coefficient (Wildman–Crippen LogP) is 2.04. The summed E-state index contributed by atoms with van der Waals surface area (Å²) in [6.45, 7) is 0.223. The number of anilines is 1. The molecule has 1 aromatic carbocycles. The molecule has 0 aliphatic rings. The van der Waals surface area contributed by atoms with Gasteiger partial charge in [0.15, 0.2) is 0 Å². The Morgan fingerprint density at radius 3 is 2.79 bits per heavy atom. The van der Waals surface area contributed by atoms with Crippen molar-refractivity contribution in [2.24, 2.45) is 0 Å². The van der Waals surface area contributed by atoms with Crippen LogP contribution in [0.4, 0.5) is 5.69 Å². The second kappa shape index (κ2) is 5.64. The number of sulfonamides is 1. The second-order valence-corrected chi connectivity index (χ2v) is 6.06. The topological polar surface area (TPSA) is 85.3 Å². The quantitative estimate of drug-likeness (QED) is 0.827. The lowest BCUT2D eigenvalue weighted by molar-refractivity contribution is 0.506. The highest BCUT2D eigenvalue weighted by atomic mass is 35.5. The zero-order chi connectivity index (χ0) is 13.9. The normalized spacial score (nSPS) is 11.6. The van der Waals surface area contributed by atoms with E-state index in [1.807, 2.05) is 0 Å². The van der Waals surface area contributed by atoms with E-state index < -0.39 is 10.0 Å². The van der Waals surface area contributed by atoms with Crippen molar-refractivity contribution in [1.82, 2.24) is 4.72 Å². The van der Waals surface area contributed by atoms with Crippen LogP contribution in [0, 0.1) is 0 Å². The molecule has 2 rings (SSSR count). The Morgan fingerprint density at radius 1 is 1.32 bits per heavy atom. The minimum atomic E-state index is -3.67. The van der Waals surface area contributed by atoms with Gasteiger partial charge >= 0.3 is 0 Å². The molecule has 102 valence electrons. The molecule has 0 bridgehead atoms. The molecule has 0 aliphatic carbocycles. The maximum Gasteiger partial charge on any atom is 0.242 e. The van der Waals surface area contributed by atoms with Crippen molar-refractivity contribution in [3.05, 3.63) is 47.4 Å². The van der Waals surface area contributed by atoms with Gasteiger partial charge in [0, 0.05) is 18.7 Å². The van der Waals surface area contributed by atoms with Crippen LogP contribution in [0.25, 0.3) is 0 Å². The lowest BCUT2D eigenvalue weighted by Gasteiger charge is -2.08. The Hall–Kier alpha value is -1.50. The number of halogens is 1. The Morgan fingerprint density at radius 2 is 2.11 bits per heavy atom. The fourth-order valence-electron chi connectivity index (χ4n) is 1.57. The van der Waals surface area contributed by atoms with E-state index in [4.69, 9.17) is 21.8 Å². The maximum atomic E-state index is 12.1. The van der Waals surface area contributed by atoms with Gasteiger partial charge in [0.05, 0.1) is 11.3 Å². The molecular formula is C12H13ClN2O3S. The minimum Gasteiger partial charge on any atom is -0.469 e. The van der Waals surface area contributed by atoms with Gasteiger partial charge in [-0.3, -0.25) is 0 Å². The van der Waals surface area contributed by atoms with Crippen LogP contribution >= 0.6 is 11.6 Å². The first-order valence-electron chi connectivity index (χ1n) is 5.56. The van der Waals surface area contributed by atoms with Crippen LogP contribution in [0.15, 0.2) is 45.9 Å². The molecule has 0 fully saturated rings. The third-order valence-electron chi connectivity index (χ3n) is 2.49. The molecule has 0 aliphatic heterocycles. The van der Waals surface area contributed by atoms with Gasteiger partial charge in [0.1, 0.15) is 10.7 Å². The van der Waals surface area contributed by atoms with Crippen LogP contribution in [0.3, 0.4) is 0 Å². The van der Waals surface area contributed by atoms with Gasteiger partial charge in [-0.1, -0.05) is 11.6 Å². The Kier molecular flexibility index (Phi) is 4.14. The van der Waals surface area contributed by atoms with Crippen molar-refractivity contribution in [3.63, 3.8) is 0 Å². The average molecular weight is 301 g/mol. The fourth-order valence-corrected chi connectivity index (χ4v) is 3.13. The highest BCUT2D eigenvalue weighted by molar-refractivity contribution is 7.89. The number of hydrogen-bond donors (Lipinski definition) is 2. The monoisotopic (exact) mass is 300 g/mol. The highest BCUT2D eigenvalue weighted by Crippen LogP contribution is 2.23. The van der Waals surface area contributed by atoms with Gasteiger partial charge in [-0.05, 0) is 30.3 Å². The number of benzene rings is 1. The lowest BCUT2D eigenvalue weighted by atomic mass is 10.3. The third kappa shape index (κ3) is 3.50. The summed E-state index contributed by atoms with van der Waals surface area (Å²) in [6.07, 6.45) is 2.00. The van der Waals surface area contributed by atoms with Crippen molar-refractivity contribution in [1.29, 1.82) is 0 Å². The van der Waals surface area contributed by atoms with E-state index in [0.717, 1.165) is 0 Å². The number of hydrogen-bond acceptors (Lipinski definition) is 4. The molecule has 0 radical (unpaired) electrons. The molecule has 0 saturated heterocycles. The first kappa shape index (κ1) is 13.9. The molecule has 0 spiro atoms. The minimum absolute atomic E-state index is 0.0198. The van der Waals surface area contributed by atoms with Gasteiger partial charge in [0.2, 0.25) is 10.0 Å². The standard InChI is InChI=1S/C12H13ClN2O3S/c13-11-4-3-9(14)8-12(11)19(16,17)15-6-5-10-2-1-7-18-10/h1-4,7-8,15H,5-6,14H2. The van der Waals surface area contributed by atoms with Crippen LogP contribution in [0.5, 0.6) is 0 Å². The molecule has 7 heteroatoms. The van der Waals surface area contributed by atoms with Crippen molar-refractivity contribution in [2.75, 3.05) is 12.3 Å². The molecule has 0 saturated carbocycles. The van der Waals surface area contributed by atoms with Crippen LogP contribution < -0.4 is 10.5 Å². The molecule has 3 N–H and O–H groups in total. The molecular weight excluding hydrogens is 288 g/mol. The van der Waals surface area contributed by atoms with Crippen LogP contribution in [-0.2, 0) is 16.4 Å². The Balaban J connectivity index is 2.07. The second-order valence-electron chi connectivity index (χ2n) is 3.92. The van der Waals surface area contributed by atoms with E-state index in [9.17, 15) is 8.42 Å². The van der Waals surface area contributed by atoms with E-state index in [1.54, 1.807) is 24.5 Å². The van der Waals surface area contributed by atoms with E-state index in [0.29, 0.717) is 17.9 Å². The zero-order valence-electron chi connectivity index (χ0n) is 9.97. The molecule has 0 atom stereocenters. The zero-order valence-corrected chi connectivity index (χ0v) is 11.5. The molecule has 1 heterocycles. The summed E-state index contributed by atoms with van der Waals surface area (Å²) in [5.74, 6) is 0.710. The first-order chi connectivity index (χ1) is 8.99. The van der Waals surface area contributed by atoms with E-state index in [1.165, 1.54) is 12.1 Å². The number of nitrogens with two attached hydrogens (primary N) is 1. The largest absolute Gasteiger partial charge is 0.469 e. The van der Waals surface area contributed by atoms with Crippen LogP contribution in [0.2, 0.25) is 5.02 Å². The van der Waals surface area contributed by atoms with Crippen molar-refractivity contribution >= 4 is 27.3 Å². The fraction of sp³-hybridized carbons (Fsp3) is 0.167. The maximum absolute atomic E-state index is 12.1. The predicted molar refractivity (Wildman–Crippen MR) is 73.5 cm³/mol. The van der Waals surface area contributed by atoms with Crippen molar-refractivity contribution < 1.29 is 12.8 Å². The Bertz CT molecular complexity index is 654. The van der Waals surface area contributed by atoms with Crippen molar-refractivity contribution in [2.45, 2.75) is 11.3 Å². The number of furan rings is 1. The van der Waals surface area contributed by atoms with Crippen LogP contribution in [0.1, 0.15) is 5.76 Å². The Labute approximate surface area is 116 Å². The molecule has 0 unspecified atom stereocenters. The number of rotatable bonds is 5. The first-order valence-corrected chi connectivity index (χ1v) is 7.42. The van der Waals surface area contributed by atoms with Gasteiger partial charge < -0.3 is 10.2 Å². The molecule has 19 heavy (non-hydrogen) atoms. The molecule has 0 amide bonds. The number of nitrogens with one attached hydrogen (secondary N) is 1. The molecule has 5 nitrogen and oxygen atoms in total. The SMILES string of the molecule is Nc1ccc(Cl)c(S(=O)(=O)NCCc2ccco2)c1. The van der Waals surface area contributed by atoms with Crippen molar-refractivity contribution in [3.8, 4) is 0 Å². The van der Waals surface area contributed by atoms with E-state index in [-0.39, 0.29) is 16.5 Å². The van der Waals surface area contributed by atoms with Gasteiger partial charge in [0.25, 0.3) is 0 Å². The lowest BCUT2D eigenvalue weighted by Crippen LogP contribution is -2.26. The van der Waals surface area contributed by atoms with Gasteiger partial charge in [-0.2, -0.15) is 0 Å². The van der Waals surface area contributed by atoms with E-state index >= 15 is 0 Å². The summed E-state index contributed by atoms with van der Waals surface area (Å²) < 4.78 is 31.7. The summed E-state index contributed by atoms with van der Waals surface area (Å²) in [6, 6.07) is 7.86. The van der Waals surface area contributed by atoms with Gasteiger partial charge in [-0.15, -0.1) is 0 Å². The summed E-state index contributed by atoms with van der Waals surface area (Å²) in [4.78, 5) is -0.0198. The van der Waals surface area contributed by atoms with Crippen LogP contribution in [-0.4, -0.2) is 15.0 Å². The summed E-state index contributed by atoms with van der Waals surface area (Å²) >= 11 is 5.87.